The Kier molecular flexibility index (Phi) is 5.79. The Labute approximate surface area is 120 Å². The van der Waals surface area contributed by atoms with Gasteiger partial charge in [-0.05, 0) is 18.4 Å². The second-order valence-corrected chi connectivity index (χ2v) is 4.93. The Bertz CT molecular complexity index is 407. The number of halogens is 1. The molecule has 0 radical (unpaired) electrons. The van der Waals surface area contributed by atoms with Crippen molar-refractivity contribution in [1.82, 2.24) is 5.32 Å². The number of nitrogens with one attached hydrogen (secondary N) is 1. The first-order valence-electron chi connectivity index (χ1n) is 6.26. The van der Waals surface area contributed by atoms with Crippen LogP contribution in [0.2, 0.25) is 0 Å². The molecule has 1 saturated carbocycles. The molecule has 19 heavy (non-hydrogen) atoms. The number of nitrogens with two attached hydrogens (primary N) is 1. The van der Waals surface area contributed by atoms with Gasteiger partial charge in [0.05, 0.1) is 6.61 Å². The first-order valence-corrected chi connectivity index (χ1v) is 6.26. The van der Waals surface area contributed by atoms with Gasteiger partial charge in [-0.3, -0.25) is 4.79 Å². The molecule has 2 rings (SSSR count). The van der Waals surface area contributed by atoms with Gasteiger partial charge < -0.3 is 15.8 Å². The zero-order chi connectivity index (χ0) is 13.0. The van der Waals surface area contributed by atoms with Crippen LogP contribution < -0.4 is 11.1 Å². The molecule has 0 spiro atoms. The lowest BCUT2D eigenvalue weighted by molar-refractivity contribution is -0.123. The van der Waals surface area contributed by atoms with Crippen LogP contribution in [0.4, 0.5) is 0 Å². The number of benzene rings is 1. The molecule has 3 N–H and O–H groups in total. The highest BCUT2D eigenvalue weighted by Crippen LogP contribution is 2.47. The maximum Gasteiger partial charge on any atom is 0.239 e. The first kappa shape index (κ1) is 16.0. The number of carbonyl (C=O) groups excluding carboxylic acids is 1. The fraction of sp³-hybridized carbons (Fsp3) is 0.500. The highest BCUT2D eigenvalue weighted by molar-refractivity contribution is 5.85. The Morgan fingerprint density at radius 1 is 1.42 bits per heavy atom. The number of amides is 1. The molecule has 106 valence electrons. The van der Waals surface area contributed by atoms with Crippen molar-refractivity contribution in [1.29, 1.82) is 0 Å². The fourth-order valence-corrected chi connectivity index (χ4v) is 2.15. The van der Waals surface area contributed by atoms with Crippen LogP contribution >= 0.6 is 12.4 Å². The number of hydrogen-bond donors (Lipinski definition) is 2. The van der Waals surface area contributed by atoms with Gasteiger partial charge in [-0.2, -0.15) is 0 Å². The molecule has 1 amide bonds. The molecule has 4 nitrogen and oxygen atoms in total. The number of carbonyl (C=O) groups is 1. The SMILES string of the molecule is COCC(N)C(=O)NCC1(c2ccccc2)CC1.Cl. The molecule has 0 aromatic heterocycles. The van der Waals surface area contributed by atoms with Gasteiger partial charge in [-0.25, -0.2) is 0 Å². The second kappa shape index (κ2) is 6.89. The second-order valence-electron chi connectivity index (χ2n) is 4.93. The van der Waals surface area contributed by atoms with E-state index in [-0.39, 0.29) is 30.3 Å². The number of rotatable bonds is 6. The highest BCUT2D eigenvalue weighted by Gasteiger charge is 2.44. The minimum atomic E-state index is -0.582. The monoisotopic (exact) mass is 284 g/mol. The Morgan fingerprint density at radius 2 is 2.05 bits per heavy atom. The molecule has 0 heterocycles. The normalized spacial score (nSPS) is 17.2. The maximum atomic E-state index is 11.7. The van der Waals surface area contributed by atoms with Gasteiger partial charge in [0, 0.05) is 19.1 Å². The van der Waals surface area contributed by atoms with Gasteiger partial charge in [-0.1, -0.05) is 30.3 Å². The molecule has 1 unspecified atom stereocenters. The van der Waals surface area contributed by atoms with Gasteiger partial charge in [-0.15, -0.1) is 12.4 Å². The van der Waals surface area contributed by atoms with Crippen molar-refractivity contribution in [2.24, 2.45) is 5.73 Å². The maximum absolute atomic E-state index is 11.7. The summed E-state index contributed by atoms with van der Waals surface area (Å²) in [4.78, 5) is 11.7. The van der Waals surface area contributed by atoms with Gasteiger partial charge >= 0.3 is 0 Å². The number of hydrogen-bond acceptors (Lipinski definition) is 3. The van der Waals surface area contributed by atoms with E-state index >= 15 is 0 Å². The van der Waals surface area contributed by atoms with Crippen LogP contribution in [0.25, 0.3) is 0 Å². The molecule has 1 fully saturated rings. The molecule has 1 atom stereocenters. The minimum absolute atomic E-state index is 0. The van der Waals surface area contributed by atoms with Crippen molar-refractivity contribution in [3.05, 3.63) is 35.9 Å². The van der Waals surface area contributed by atoms with Crippen LogP contribution in [-0.4, -0.2) is 32.2 Å². The summed E-state index contributed by atoms with van der Waals surface area (Å²) in [6.07, 6.45) is 2.24. The van der Waals surface area contributed by atoms with Crippen LogP contribution in [0.5, 0.6) is 0 Å². The molecule has 1 aliphatic carbocycles. The third-order valence-electron chi connectivity index (χ3n) is 3.52. The van der Waals surface area contributed by atoms with Gasteiger partial charge in [0.25, 0.3) is 0 Å². The summed E-state index contributed by atoms with van der Waals surface area (Å²) in [7, 11) is 1.54. The molecular formula is C14H21ClN2O2. The van der Waals surface area contributed by atoms with Crippen LogP contribution in [0.3, 0.4) is 0 Å². The van der Waals surface area contributed by atoms with E-state index in [4.69, 9.17) is 10.5 Å². The molecule has 5 heteroatoms. The van der Waals surface area contributed by atoms with Crippen LogP contribution in [0.15, 0.2) is 30.3 Å². The van der Waals surface area contributed by atoms with Gasteiger partial charge in [0.2, 0.25) is 5.91 Å². The third kappa shape index (κ3) is 3.93. The van der Waals surface area contributed by atoms with E-state index in [1.165, 1.54) is 5.56 Å². The van der Waals surface area contributed by atoms with Crippen LogP contribution in [0, 0.1) is 0 Å². The van der Waals surface area contributed by atoms with Crippen molar-refractivity contribution in [2.75, 3.05) is 20.3 Å². The average Bonchev–Trinajstić information content (AvgIpc) is 3.18. The predicted molar refractivity (Wildman–Crippen MR) is 77.5 cm³/mol. The minimum Gasteiger partial charge on any atom is -0.383 e. The summed E-state index contributed by atoms with van der Waals surface area (Å²) in [6, 6.07) is 9.73. The largest absolute Gasteiger partial charge is 0.383 e. The van der Waals surface area contributed by atoms with Crippen molar-refractivity contribution in [3.8, 4) is 0 Å². The van der Waals surface area contributed by atoms with Crippen molar-refractivity contribution in [2.45, 2.75) is 24.3 Å². The Morgan fingerprint density at radius 3 is 2.58 bits per heavy atom. The molecule has 0 bridgehead atoms. The lowest BCUT2D eigenvalue weighted by Crippen LogP contribution is -2.45. The van der Waals surface area contributed by atoms with Crippen molar-refractivity contribution in [3.63, 3.8) is 0 Å². The highest BCUT2D eigenvalue weighted by atomic mass is 35.5. The van der Waals surface area contributed by atoms with E-state index in [0.717, 1.165) is 12.8 Å². The summed E-state index contributed by atoms with van der Waals surface area (Å²) in [6.45, 7) is 0.914. The van der Waals surface area contributed by atoms with E-state index in [2.05, 4.69) is 17.4 Å². The quantitative estimate of drug-likeness (QED) is 0.826. The van der Waals surface area contributed by atoms with E-state index in [1.54, 1.807) is 7.11 Å². The summed E-state index contributed by atoms with van der Waals surface area (Å²) in [5, 5.41) is 2.92. The zero-order valence-corrected chi connectivity index (χ0v) is 11.9. The average molecular weight is 285 g/mol. The van der Waals surface area contributed by atoms with E-state index in [0.29, 0.717) is 6.54 Å². The summed E-state index contributed by atoms with van der Waals surface area (Å²) < 4.78 is 4.87. The molecule has 1 aliphatic rings. The van der Waals surface area contributed by atoms with E-state index in [1.807, 2.05) is 18.2 Å². The third-order valence-corrected chi connectivity index (χ3v) is 3.52. The number of ether oxygens (including phenoxy) is 1. The smallest absolute Gasteiger partial charge is 0.239 e. The lowest BCUT2D eigenvalue weighted by Gasteiger charge is -2.18. The van der Waals surface area contributed by atoms with Gasteiger partial charge in [0.1, 0.15) is 6.04 Å². The molecule has 1 aromatic rings. The summed E-state index contributed by atoms with van der Waals surface area (Å²) in [5.41, 5.74) is 7.10. The summed E-state index contributed by atoms with van der Waals surface area (Å²) >= 11 is 0. The summed E-state index contributed by atoms with van der Waals surface area (Å²) in [5.74, 6) is -0.140. The molecule has 1 aromatic carbocycles. The molecular weight excluding hydrogens is 264 g/mol. The van der Waals surface area contributed by atoms with E-state index < -0.39 is 6.04 Å². The first-order chi connectivity index (χ1) is 8.68. The molecule has 0 saturated heterocycles. The van der Waals surface area contributed by atoms with Crippen LogP contribution in [0.1, 0.15) is 18.4 Å². The van der Waals surface area contributed by atoms with Crippen LogP contribution in [-0.2, 0) is 14.9 Å². The predicted octanol–water partition coefficient (Wildman–Crippen LogP) is 1.23. The zero-order valence-electron chi connectivity index (χ0n) is 11.1. The number of methoxy groups -OCH3 is 1. The fourth-order valence-electron chi connectivity index (χ4n) is 2.15. The standard InChI is InChI=1S/C14H20N2O2.ClH/c1-18-9-12(15)13(17)16-10-14(7-8-14)11-5-3-2-4-6-11;/h2-6,12H,7-10,15H2,1H3,(H,16,17);1H. The van der Waals surface area contributed by atoms with Crippen molar-refractivity contribution < 1.29 is 9.53 Å². The Hall–Kier alpha value is -1.10. The van der Waals surface area contributed by atoms with E-state index in [9.17, 15) is 4.79 Å². The lowest BCUT2D eigenvalue weighted by atomic mass is 9.96. The van der Waals surface area contributed by atoms with Gasteiger partial charge in [0.15, 0.2) is 0 Å². The molecule has 0 aliphatic heterocycles. The Balaban J connectivity index is 0.00000180. The topological polar surface area (TPSA) is 64.3 Å². The van der Waals surface area contributed by atoms with Crippen molar-refractivity contribution >= 4 is 18.3 Å².